The topological polar surface area (TPSA) is 49.3 Å². The number of hydrogen-bond acceptors (Lipinski definition) is 3. The van der Waals surface area contributed by atoms with Crippen molar-refractivity contribution in [2.24, 2.45) is 0 Å². The van der Waals surface area contributed by atoms with E-state index in [2.05, 4.69) is 11.4 Å². The lowest BCUT2D eigenvalue weighted by molar-refractivity contribution is -0.113. The lowest BCUT2D eigenvalue weighted by atomic mass is 10.1. The second-order valence-electron chi connectivity index (χ2n) is 3.85. The number of fused-ring (bicyclic) bond motifs is 1. The molecule has 0 fully saturated rings. The Balaban J connectivity index is 2.04. The zero-order valence-corrected chi connectivity index (χ0v) is 9.85. The number of thioether (sulfide) groups is 1. The molecule has 1 aromatic carbocycles. The van der Waals surface area contributed by atoms with E-state index in [0.717, 1.165) is 29.8 Å². The summed E-state index contributed by atoms with van der Waals surface area (Å²) in [7, 11) is 0. The minimum Gasteiger partial charge on any atom is -0.396 e. The van der Waals surface area contributed by atoms with Gasteiger partial charge in [0.25, 0.3) is 0 Å². The van der Waals surface area contributed by atoms with Gasteiger partial charge in [0.1, 0.15) is 0 Å². The molecule has 0 unspecified atom stereocenters. The molecule has 0 saturated carbocycles. The van der Waals surface area contributed by atoms with Crippen LogP contribution in [0.15, 0.2) is 23.1 Å². The van der Waals surface area contributed by atoms with E-state index in [1.807, 2.05) is 12.1 Å². The minimum absolute atomic E-state index is 0.0746. The Hall–Kier alpha value is -1.00. The number of rotatable bonds is 4. The van der Waals surface area contributed by atoms with Gasteiger partial charge >= 0.3 is 0 Å². The second-order valence-corrected chi connectivity index (χ2v) is 4.87. The number of benzene rings is 1. The zero-order valence-electron chi connectivity index (χ0n) is 9.03. The molecule has 0 saturated heterocycles. The fourth-order valence-corrected chi connectivity index (χ4v) is 2.58. The first-order valence-corrected chi connectivity index (χ1v) is 6.44. The lowest BCUT2D eigenvalue weighted by Gasteiger charge is -2.16. The van der Waals surface area contributed by atoms with Crippen molar-refractivity contribution in [3.63, 3.8) is 0 Å². The molecule has 1 amide bonds. The first-order chi connectivity index (χ1) is 7.79. The summed E-state index contributed by atoms with van der Waals surface area (Å²) < 4.78 is 0. The van der Waals surface area contributed by atoms with E-state index in [-0.39, 0.29) is 12.5 Å². The van der Waals surface area contributed by atoms with Crippen LogP contribution in [0.5, 0.6) is 0 Å². The Kier molecular flexibility index (Phi) is 3.85. The van der Waals surface area contributed by atoms with Gasteiger partial charge in [-0.1, -0.05) is 6.07 Å². The number of amides is 1. The van der Waals surface area contributed by atoms with Crippen LogP contribution in [-0.2, 0) is 11.2 Å². The van der Waals surface area contributed by atoms with Gasteiger partial charge in [0, 0.05) is 11.5 Å². The summed E-state index contributed by atoms with van der Waals surface area (Å²) in [6.45, 7) is 0.260. The monoisotopic (exact) mass is 237 g/mol. The number of aliphatic hydroxyl groups excluding tert-OH is 1. The molecule has 16 heavy (non-hydrogen) atoms. The summed E-state index contributed by atoms with van der Waals surface area (Å²) in [6, 6.07) is 6.15. The molecule has 0 bridgehead atoms. The number of aryl methyl sites for hydroxylation is 1. The van der Waals surface area contributed by atoms with Gasteiger partial charge in [-0.25, -0.2) is 0 Å². The molecule has 1 aromatic rings. The fourth-order valence-electron chi connectivity index (χ4n) is 1.72. The summed E-state index contributed by atoms with van der Waals surface area (Å²) >= 11 is 1.59. The van der Waals surface area contributed by atoms with E-state index < -0.39 is 0 Å². The van der Waals surface area contributed by atoms with Crippen LogP contribution < -0.4 is 5.32 Å². The number of aliphatic hydroxyl groups is 1. The van der Waals surface area contributed by atoms with Gasteiger partial charge in [0.05, 0.1) is 11.4 Å². The Bertz CT molecular complexity index is 393. The molecule has 4 heteroatoms. The van der Waals surface area contributed by atoms with E-state index >= 15 is 0 Å². The number of anilines is 1. The molecule has 86 valence electrons. The molecule has 0 aliphatic carbocycles. The maximum Gasteiger partial charge on any atom is 0.234 e. The maximum absolute atomic E-state index is 11.2. The Labute approximate surface area is 99.2 Å². The molecule has 0 atom stereocenters. The first kappa shape index (κ1) is 11.5. The summed E-state index contributed by atoms with van der Waals surface area (Å²) in [5, 5.41) is 11.6. The predicted molar refractivity (Wildman–Crippen MR) is 65.8 cm³/mol. The predicted octanol–water partition coefficient (Wildman–Crippen LogP) is 2.05. The van der Waals surface area contributed by atoms with E-state index in [0.29, 0.717) is 5.75 Å². The van der Waals surface area contributed by atoms with Crippen LogP contribution in [0.2, 0.25) is 0 Å². The number of hydrogen-bond donors (Lipinski definition) is 2. The molecule has 1 aliphatic heterocycles. The molecule has 0 radical (unpaired) electrons. The van der Waals surface area contributed by atoms with Crippen molar-refractivity contribution in [2.75, 3.05) is 17.7 Å². The van der Waals surface area contributed by atoms with Crippen LogP contribution in [0.25, 0.3) is 0 Å². The summed E-state index contributed by atoms with van der Waals surface area (Å²) in [5.41, 5.74) is 2.20. The molecular formula is C12H15NO2S. The minimum atomic E-state index is 0.0746. The normalized spacial score (nSPS) is 14.4. The Morgan fingerprint density at radius 2 is 2.25 bits per heavy atom. The number of unbranched alkanes of at least 4 members (excludes halogenated alkanes) is 1. The van der Waals surface area contributed by atoms with Gasteiger partial charge in [0.15, 0.2) is 0 Å². The van der Waals surface area contributed by atoms with Gasteiger partial charge in [-0.15, -0.1) is 11.8 Å². The van der Waals surface area contributed by atoms with Crippen LogP contribution in [0.4, 0.5) is 5.69 Å². The van der Waals surface area contributed by atoms with Crippen molar-refractivity contribution < 1.29 is 9.90 Å². The van der Waals surface area contributed by atoms with Crippen molar-refractivity contribution in [3.8, 4) is 0 Å². The van der Waals surface area contributed by atoms with E-state index in [9.17, 15) is 4.79 Å². The van der Waals surface area contributed by atoms with Crippen molar-refractivity contribution in [2.45, 2.75) is 24.2 Å². The van der Waals surface area contributed by atoms with Crippen LogP contribution >= 0.6 is 11.8 Å². The van der Waals surface area contributed by atoms with Crippen LogP contribution in [0, 0.1) is 0 Å². The molecule has 3 nitrogen and oxygen atoms in total. The average molecular weight is 237 g/mol. The smallest absolute Gasteiger partial charge is 0.234 e. The first-order valence-electron chi connectivity index (χ1n) is 5.46. The molecular weight excluding hydrogens is 222 g/mol. The average Bonchev–Trinajstić information content (AvgIpc) is 2.29. The van der Waals surface area contributed by atoms with Crippen LogP contribution in [0.3, 0.4) is 0 Å². The summed E-state index contributed by atoms with van der Waals surface area (Å²) in [5.74, 6) is 0.582. The van der Waals surface area contributed by atoms with Gasteiger partial charge in [-0.2, -0.15) is 0 Å². The Morgan fingerprint density at radius 1 is 1.38 bits per heavy atom. The highest BCUT2D eigenvalue weighted by Gasteiger charge is 2.14. The standard InChI is InChI=1S/C12H15NO2S/c14-6-2-1-3-9-4-5-10-11(7-9)16-8-12(15)13-10/h4-5,7,14H,1-3,6,8H2,(H,13,15). The quantitative estimate of drug-likeness (QED) is 0.788. The number of carbonyl (C=O) groups excluding carboxylic acids is 1. The third-order valence-electron chi connectivity index (χ3n) is 2.55. The van der Waals surface area contributed by atoms with E-state index in [1.165, 1.54) is 5.56 Å². The highest BCUT2D eigenvalue weighted by molar-refractivity contribution is 8.00. The molecule has 1 aliphatic rings. The third kappa shape index (κ3) is 2.77. The third-order valence-corrected chi connectivity index (χ3v) is 3.61. The Morgan fingerprint density at radius 3 is 3.06 bits per heavy atom. The van der Waals surface area contributed by atoms with Gasteiger partial charge in [0.2, 0.25) is 5.91 Å². The van der Waals surface area contributed by atoms with Crippen molar-refractivity contribution >= 4 is 23.4 Å². The zero-order chi connectivity index (χ0) is 11.4. The second kappa shape index (κ2) is 5.37. The summed E-state index contributed by atoms with van der Waals surface area (Å²) in [4.78, 5) is 12.3. The van der Waals surface area contributed by atoms with E-state index in [4.69, 9.17) is 5.11 Å². The molecule has 2 N–H and O–H groups in total. The largest absolute Gasteiger partial charge is 0.396 e. The maximum atomic E-state index is 11.2. The fraction of sp³-hybridized carbons (Fsp3) is 0.417. The molecule has 2 rings (SSSR count). The highest BCUT2D eigenvalue weighted by Crippen LogP contribution is 2.32. The van der Waals surface area contributed by atoms with E-state index in [1.54, 1.807) is 11.8 Å². The molecule has 0 aromatic heterocycles. The van der Waals surface area contributed by atoms with Gasteiger partial charge < -0.3 is 10.4 Å². The SMILES string of the molecule is O=C1CSc2cc(CCCCO)ccc2N1. The van der Waals surface area contributed by atoms with Crippen molar-refractivity contribution in [1.82, 2.24) is 0 Å². The molecule has 0 spiro atoms. The van der Waals surface area contributed by atoms with Crippen LogP contribution in [0.1, 0.15) is 18.4 Å². The lowest BCUT2D eigenvalue weighted by Crippen LogP contribution is -2.18. The van der Waals surface area contributed by atoms with Crippen molar-refractivity contribution in [1.29, 1.82) is 0 Å². The number of nitrogens with one attached hydrogen (secondary N) is 1. The van der Waals surface area contributed by atoms with Gasteiger partial charge in [-0.3, -0.25) is 4.79 Å². The number of carbonyl (C=O) groups is 1. The van der Waals surface area contributed by atoms with Crippen LogP contribution in [-0.4, -0.2) is 23.4 Å². The highest BCUT2D eigenvalue weighted by atomic mass is 32.2. The molecule has 1 heterocycles. The van der Waals surface area contributed by atoms with Crippen molar-refractivity contribution in [3.05, 3.63) is 23.8 Å². The summed E-state index contributed by atoms with van der Waals surface area (Å²) in [6.07, 6.45) is 2.84. The van der Waals surface area contributed by atoms with Gasteiger partial charge in [-0.05, 0) is 37.0 Å².